The molecular formula is C19H15NO3. The van der Waals surface area contributed by atoms with Gasteiger partial charge in [0, 0.05) is 5.56 Å². The average Bonchev–Trinajstić information content (AvgIpc) is 2.96. The molecular weight excluding hydrogens is 290 g/mol. The molecule has 0 saturated carbocycles. The van der Waals surface area contributed by atoms with Crippen LogP contribution in [0.3, 0.4) is 0 Å². The molecule has 0 fully saturated rings. The standard InChI is InChI=1S/C19H15NO3/c1-2-12-22-16-10-8-14(9-11-16)13-17-19(21)23-18(20-17)15-6-4-3-5-7-15/h2-11,13H,1,12H2. The lowest BCUT2D eigenvalue weighted by Crippen LogP contribution is -2.04. The van der Waals surface area contributed by atoms with Gasteiger partial charge in [-0.05, 0) is 35.9 Å². The molecule has 3 rings (SSSR count). The molecule has 0 radical (unpaired) electrons. The molecule has 4 heteroatoms. The first-order valence-corrected chi connectivity index (χ1v) is 7.18. The molecule has 0 atom stereocenters. The number of ether oxygens (including phenoxy) is 2. The second-order valence-electron chi connectivity index (χ2n) is 4.87. The highest BCUT2D eigenvalue weighted by Gasteiger charge is 2.23. The maximum absolute atomic E-state index is 11.9. The molecule has 1 aliphatic rings. The van der Waals surface area contributed by atoms with Crippen molar-refractivity contribution in [3.63, 3.8) is 0 Å². The van der Waals surface area contributed by atoms with Crippen molar-refractivity contribution in [2.75, 3.05) is 6.61 Å². The number of hydrogen-bond acceptors (Lipinski definition) is 4. The molecule has 2 aromatic rings. The van der Waals surface area contributed by atoms with Crippen LogP contribution in [0.4, 0.5) is 0 Å². The Balaban J connectivity index is 1.80. The van der Waals surface area contributed by atoms with Crippen molar-refractivity contribution in [1.29, 1.82) is 0 Å². The summed E-state index contributed by atoms with van der Waals surface area (Å²) in [5, 5.41) is 0. The largest absolute Gasteiger partial charge is 0.490 e. The summed E-state index contributed by atoms with van der Waals surface area (Å²) in [5.74, 6) is 0.623. The first kappa shape index (κ1) is 14.8. The maximum Gasteiger partial charge on any atom is 0.363 e. The van der Waals surface area contributed by atoms with E-state index in [4.69, 9.17) is 9.47 Å². The third-order valence-electron chi connectivity index (χ3n) is 3.19. The van der Waals surface area contributed by atoms with E-state index in [1.54, 1.807) is 12.2 Å². The number of aliphatic imine (C=N–C) groups is 1. The van der Waals surface area contributed by atoms with Crippen molar-refractivity contribution in [3.05, 3.63) is 84.1 Å². The van der Waals surface area contributed by atoms with Gasteiger partial charge in [0.1, 0.15) is 12.4 Å². The summed E-state index contributed by atoms with van der Waals surface area (Å²) in [6, 6.07) is 16.7. The van der Waals surface area contributed by atoms with Crippen molar-refractivity contribution < 1.29 is 14.3 Å². The van der Waals surface area contributed by atoms with Crippen LogP contribution >= 0.6 is 0 Å². The quantitative estimate of drug-likeness (QED) is 0.482. The fourth-order valence-electron chi connectivity index (χ4n) is 2.09. The van der Waals surface area contributed by atoms with Crippen LogP contribution < -0.4 is 4.74 Å². The molecule has 0 aromatic heterocycles. The number of nitrogens with zero attached hydrogens (tertiary/aromatic N) is 1. The summed E-state index contributed by atoms with van der Waals surface area (Å²) >= 11 is 0. The van der Waals surface area contributed by atoms with Gasteiger partial charge in [0.25, 0.3) is 0 Å². The van der Waals surface area contributed by atoms with E-state index in [0.717, 1.165) is 16.9 Å². The molecule has 2 aromatic carbocycles. The van der Waals surface area contributed by atoms with E-state index in [0.29, 0.717) is 12.5 Å². The molecule has 0 unspecified atom stereocenters. The third kappa shape index (κ3) is 3.55. The fraction of sp³-hybridized carbons (Fsp3) is 0.0526. The number of benzene rings is 2. The second-order valence-corrected chi connectivity index (χ2v) is 4.87. The highest BCUT2D eigenvalue weighted by Crippen LogP contribution is 2.20. The zero-order valence-electron chi connectivity index (χ0n) is 12.4. The number of esters is 1. The molecule has 0 saturated heterocycles. The van der Waals surface area contributed by atoms with Crippen molar-refractivity contribution in [3.8, 4) is 5.75 Å². The van der Waals surface area contributed by atoms with Gasteiger partial charge in [-0.2, -0.15) is 0 Å². The lowest BCUT2D eigenvalue weighted by Gasteiger charge is -2.02. The van der Waals surface area contributed by atoms with E-state index >= 15 is 0 Å². The maximum atomic E-state index is 11.9. The van der Waals surface area contributed by atoms with E-state index in [2.05, 4.69) is 11.6 Å². The van der Waals surface area contributed by atoms with Crippen LogP contribution in [-0.2, 0) is 9.53 Å². The molecule has 0 N–H and O–H groups in total. The van der Waals surface area contributed by atoms with Crippen LogP contribution in [0.5, 0.6) is 5.75 Å². The number of carbonyl (C=O) groups is 1. The van der Waals surface area contributed by atoms with Crippen LogP contribution in [-0.4, -0.2) is 18.5 Å². The smallest absolute Gasteiger partial charge is 0.363 e. The molecule has 0 bridgehead atoms. The van der Waals surface area contributed by atoms with E-state index in [9.17, 15) is 4.79 Å². The normalized spacial score (nSPS) is 15.2. The Morgan fingerprint density at radius 3 is 2.52 bits per heavy atom. The van der Waals surface area contributed by atoms with Crippen LogP contribution in [0.1, 0.15) is 11.1 Å². The minimum Gasteiger partial charge on any atom is -0.490 e. The van der Waals surface area contributed by atoms with Gasteiger partial charge < -0.3 is 9.47 Å². The lowest BCUT2D eigenvalue weighted by atomic mass is 10.2. The Kier molecular flexibility index (Phi) is 4.34. The van der Waals surface area contributed by atoms with E-state index in [1.807, 2.05) is 54.6 Å². The van der Waals surface area contributed by atoms with Crippen molar-refractivity contribution in [2.24, 2.45) is 4.99 Å². The zero-order chi connectivity index (χ0) is 16.1. The summed E-state index contributed by atoms with van der Waals surface area (Å²) < 4.78 is 10.6. The minimum atomic E-state index is -0.448. The molecule has 114 valence electrons. The molecule has 0 amide bonds. The Hall–Kier alpha value is -3.14. The number of hydrogen-bond donors (Lipinski definition) is 0. The monoisotopic (exact) mass is 305 g/mol. The van der Waals surface area contributed by atoms with E-state index in [-0.39, 0.29) is 5.70 Å². The number of cyclic esters (lactones) is 1. The zero-order valence-corrected chi connectivity index (χ0v) is 12.4. The predicted molar refractivity (Wildman–Crippen MR) is 89.2 cm³/mol. The molecule has 23 heavy (non-hydrogen) atoms. The topological polar surface area (TPSA) is 47.9 Å². The summed E-state index contributed by atoms with van der Waals surface area (Å²) in [6.07, 6.45) is 3.37. The van der Waals surface area contributed by atoms with Gasteiger partial charge in [0.05, 0.1) is 0 Å². The Morgan fingerprint density at radius 1 is 1.09 bits per heavy atom. The van der Waals surface area contributed by atoms with Gasteiger partial charge in [-0.3, -0.25) is 0 Å². The minimum absolute atomic E-state index is 0.281. The molecule has 0 spiro atoms. The van der Waals surface area contributed by atoms with Crippen molar-refractivity contribution >= 4 is 17.9 Å². The first-order chi connectivity index (χ1) is 11.3. The van der Waals surface area contributed by atoms with Crippen LogP contribution in [0.25, 0.3) is 6.08 Å². The Bertz CT molecular complexity index is 774. The Labute approximate surface area is 134 Å². The van der Waals surface area contributed by atoms with Crippen LogP contribution in [0.2, 0.25) is 0 Å². The van der Waals surface area contributed by atoms with Gasteiger partial charge in [0.15, 0.2) is 5.70 Å². The molecule has 0 aliphatic carbocycles. The second kappa shape index (κ2) is 6.75. The number of carbonyl (C=O) groups excluding carboxylic acids is 1. The van der Waals surface area contributed by atoms with E-state index < -0.39 is 5.97 Å². The van der Waals surface area contributed by atoms with Gasteiger partial charge in [-0.15, -0.1) is 0 Å². The highest BCUT2D eigenvalue weighted by molar-refractivity contribution is 6.12. The van der Waals surface area contributed by atoms with Gasteiger partial charge in [0.2, 0.25) is 5.90 Å². The summed E-state index contributed by atoms with van der Waals surface area (Å²) in [7, 11) is 0. The molecule has 1 aliphatic heterocycles. The Morgan fingerprint density at radius 2 is 1.83 bits per heavy atom. The molecule has 4 nitrogen and oxygen atoms in total. The SMILES string of the molecule is C=CCOc1ccc(C=C2N=C(c3ccccc3)OC2=O)cc1. The van der Waals surface area contributed by atoms with Crippen molar-refractivity contribution in [2.45, 2.75) is 0 Å². The van der Waals surface area contributed by atoms with E-state index in [1.165, 1.54) is 0 Å². The third-order valence-corrected chi connectivity index (χ3v) is 3.19. The lowest BCUT2D eigenvalue weighted by molar-refractivity contribution is -0.129. The van der Waals surface area contributed by atoms with Gasteiger partial charge >= 0.3 is 5.97 Å². The van der Waals surface area contributed by atoms with Crippen LogP contribution in [0, 0.1) is 0 Å². The highest BCUT2D eigenvalue weighted by atomic mass is 16.6. The van der Waals surface area contributed by atoms with Gasteiger partial charge in [-0.25, -0.2) is 9.79 Å². The number of rotatable bonds is 5. The summed E-state index contributed by atoms with van der Waals surface area (Å²) in [4.78, 5) is 16.2. The summed E-state index contributed by atoms with van der Waals surface area (Å²) in [6.45, 7) is 4.06. The average molecular weight is 305 g/mol. The first-order valence-electron chi connectivity index (χ1n) is 7.18. The summed E-state index contributed by atoms with van der Waals surface area (Å²) in [5.41, 5.74) is 1.90. The fourth-order valence-corrected chi connectivity index (χ4v) is 2.09. The van der Waals surface area contributed by atoms with Crippen LogP contribution in [0.15, 0.2) is 77.9 Å². The molecule has 1 heterocycles. The van der Waals surface area contributed by atoms with Gasteiger partial charge in [-0.1, -0.05) is 43.0 Å². The predicted octanol–water partition coefficient (Wildman–Crippen LogP) is 3.60. The van der Waals surface area contributed by atoms with Crippen molar-refractivity contribution in [1.82, 2.24) is 0 Å².